The molecule has 1 atom stereocenters. The molecule has 0 aliphatic carbocycles. The zero-order valence-electron chi connectivity index (χ0n) is 16.8. The molecule has 7 heteroatoms. The molecule has 31 heavy (non-hydrogen) atoms. The van der Waals surface area contributed by atoms with Crippen molar-refractivity contribution in [1.82, 2.24) is 14.8 Å². The van der Waals surface area contributed by atoms with Gasteiger partial charge in [0.2, 0.25) is 5.91 Å². The molecule has 1 heterocycles. The second kappa shape index (κ2) is 10.4. The molecule has 0 fully saturated rings. The van der Waals surface area contributed by atoms with Gasteiger partial charge in [-0.2, -0.15) is 5.10 Å². The van der Waals surface area contributed by atoms with Gasteiger partial charge in [0.25, 0.3) is 0 Å². The van der Waals surface area contributed by atoms with E-state index in [0.717, 1.165) is 10.5 Å². The van der Waals surface area contributed by atoms with E-state index in [9.17, 15) is 4.79 Å². The first kappa shape index (κ1) is 20.7. The molecule has 4 aromatic rings. The summed E-state index contributed by atoms with van der Waals surface area (Å²) in [6.45, 7) is 1.05. The van der Waals surface area contributed by atoms with Crippen molar-refractivity contribution in [2.24, 2.45) is 0 Å². The molecule has 6 nitrogen and oxygen atoms in total. The Hall–Kier alpha value is -3.58. The van der Waals surface area contributed by atoms with E-state index in [1.54, 1.807) is 11.0 Å². The van der Waals surface area contributed by atoms with Gasteiger partial charge >= 0.3 is 0 Å². The highest BCUT2D eigenvalue weighted by Crippen LogP contribution is 2.36. The number of nitrogens with zero attached hydrogens (tertiary/aromatic N) is 3. The Morgan fingerprint density at radius 2 is 1.77 bits per heavy atom. The van der Waals surface area contributed by atoms with E-state index >= 15 is 0 Å². The summed E-state index contributed by atoms with van der Waals surface area (Å²) in [6, 6.07) is 27.2. The Kier molecular flexibility index (Phi) is 6.97. The predicted octanol–water partition coefficient (Wildman–Crippen LogP) is 4.83. The van der Waals surface area contributed by atoms with Crippen LogP contribution in [-0.4, -0.2) is 27.3 Å². The van der Waals surface area contributed by atoms with Gasteiger partial charge in [0.1, 0.15) is 30.3 Å². The van der Waals surface area contributed by atoms with Crippen molar-refractivity contribution in [3.63, 3.8) is 0 Å². The van der Waals surface area contributed by atoms with Crippen LogP contribution < -0.4 is 10.1 Å². The highest BCUT2D eigenvalue weighted by molar-refractivity contribution is 8.00. The first-order valence-electron chi connectivity index (χ1n) is 9.91. The molecule has 3 aromatic carbocycles. The summed E-state index contributed by atoms with van der Waals surface area (Å²) in [6.07, 6.45) is 3.14. The van der Waals surface area contributed by atoms with Gasteiger partial charge in [-0.3, -0.25) is 4.79 Å². The van der Waals surface area contributed by atoms with Crippen molar-refractivity contribution in [2.45, 2.75) is 16.7 Å². The number of carbonyl (C=O) groups is 1. The Morgan fingerprint density at radius 1 is 1.00 bits per heavy atom. The van der Waals surface area contributed by atoms with Crippen molar-refractivity contribution in [3.05, 3.63) is 103 Å². The van der Waals surface area contributed by atoms with E-state index in [1.165, 1.54) is 18.1 Å². The van der Waals surface area contributed by atoms with Gasteiger partial charge in [0, 0.05) is 16.6 Å². The molecule has 0 aliphatic heterocycles. The van der Waals surface area contributed by atoms with Crippen LogP contribution in [0.1, 0.15) is 10.8 Å². The largest absolute Gasteiger partial charge is 0.492 e. The number of hydrogen-bond acceptors (Lipinski definition) is 5. The van der Waals surface area contributed by atoms with E-state index in [2.05, 4.69) is 15.4 Å². The Morgan fingerprint density at radius 3 is 2.52 bits per heavy atom. The van der Waals surface area contributed by atoms with Crippen LogP contribution in [0.2, 0.25) is 0 Å². The molecule has 0 radical (unpaired) electrons. The average Bonchev–Trinajstić information content (AvgIpc) is 3.32. The van der Waals surface area contributed by atoms with Crippen LogP contribution in [-0.2, 0) is 11.3 Å². The van der Waals surface area contributed by atoms with Crippen LogP contribution in [0.5, 0.6) is 5.75 Å². The smallest absolute Gasteiger partial charge is 0.242 e. The number of ether oxygens (including phenoxy) is 1. The number of nitrogens with one attached hydrogen (secondary N) is 1. The SMILES string of the molecule is O=C(Nc1cccc(OCCn2cncn2)c1)C(Sc1ccccc1)c1ccccc1. The minimum atomic E-state index is -0.375. The molecule has 156 valence electrons. The monoisotopic (exact) mass is 430 g/mol. The summed E-state index contributed by atoms with van der Waals surface area (Å²) in [4.78, 5) is 18.2. The van der Waals surface area contributed by atoms with Crippen molar-refractivity contribution < 1.29 is 9.53 Å². The van der Waals surface area contributed by atoms with Crippen LogP contribution in [0.15, 0.2) is 102 Å². The normalized spacial score (nSPS) is 11.6. The average molecular weight is 431 g/mol. The number of thioether (sulfide) groups is 1. The topological polar surface area (TPSA) is 69.0 Å². The van der Waals surface area contributed by atoms with Gasteiger partial charge in [-0.15, -0.1) is 11.8 Å². The Bertz CT molecular complexity index is 1090. The van der Waals surface area contributed by atoms with Crippen molar-refractivity contribution in [1.29, 1.82) is 0 Å². The van der Waals surface area contributed by atoms with Gasteiger partial charge in [-0.1, -0.05) is 54.6 Å². The van der Waals surface area contributed by atoms with Crippen LogP contribution in [0.25, 0.3) is 0 Å². The fourth-order valence-electron chi connectivity index (χ4n) is 3.01. The van der Waals surface area contributed by atoms with Crippen molar-refractivity contribution in [3.8, 4) is 5.75 Å². The third-order valence-corrected chi connectivity index (χ3v) is 5.76. The highest BCUT2D eigenvalue weighted by Gasteiger charge is 2.22. The summed E-state index contributed by atoms with van der Waals surface area (Å²) in [5.74, 6) is 0.602. The van der Waals surface area contributed by atoms with Crippen LogP contribution >= 0.6 is 11.8 Å². The lowest BCUT2D eigenvalue weighted by atomic mass is 10.1. The maximum atomic E-state index is 13.2. The van der Waals surface area contributed by atoms with Crippen molar-refractivity contribution in [2.75, 3.05) is 11.9 Å². The third kappa shape index (κ3) is 5.96. The standard InChI is InChI=1S/C24H22N4O2S/c29-24(23(19-8-3-1-4-9-19)31-22-12-5-2-6-13-22)27-20-10-7-11-21(16-20)30-15-14-28-18-25-17-26-28/h1-13,16-18,23H,14-15H2,(H,27,29). The molecule has 0 aliphatic rings. The molecule has 0 spiro atoms. The number of carbonyl (C=O) groups excluding carboxylic acids is 1. The number of hydrogen-bond donors (Lipinski definition) is 1. The summed E-state index contributed by atoms with van der Waals surface area (Å²) in [5.41, 5.74) is 1.65. The molecule has 0 bridgehead atoms. The Labute approximate surface area is 185 Å². The molecular weight excluding hydrogens is 408 g/mol. The number of benzene rings is 3. The summed E-state index contributed by atoms with van der Waals surface area (Å²) in [7, 11) is 0. The number of amides is 1. The van der Waals surface area contributed by atoms with E-state index in [-0.39, 0.29) is 11.2 Å². The first-order chi connectivity index (χ1) is 15.3. The number of anilines is 1. The molecule has 4 rings (SSSR count). The molecule has 1 N–H and O–H groups in total. The fraction of sp³-hybridized carbons (Fsp3) is 0.125. The van der Waals surface area contributed by atoms with Crippen LogP contribution in [0, 0.1) is 0 Å². The molecule has 0 saturated heterocycles. The fourth-order valence-corrected chi connectivity index (χ4v) is 4.06. The summed E-state index contributed by atoms with van der Waals surface area (Å²) >= 11 is 1.53. The van der Waals surface area contributed by atoms with Crippen LogP contribution in [0.3, 0.4) is 0 Å². The maximum absolute atomic E-state index is 13.2. The minimum Gasteiger partial charge on any atom is -0.492 e. The molecule has 1 amide bonds. The van der Waals surface area contributed by atoms with E-state index in [4.69, 9.17) is 4.74 Å². The van der Waals surface area contributed by atoms with Crippen molar-refractivity contribution >= 4 is 23.4 Å². The molecule has 0 saturated carbocycles. The highest BCUT2D eigenvalue weighted by atomic mass is 32.2. The summed E-state index contributed by atoms with van der Waals surface area (Å²) in [5, 5.41) is 6.72. The van der Waals surface area contributed by atoms with Gasteiger partial charge in [0.05, 0.1) is 6.54 Å². The second-order valence-corrected chi connectivity index (χ2v) is 7.92. The summed E-state index contributed by atoms with van der Waals surface area (Å²) < 4.78 is 7.50. The lowest BCUT2D eigenvalue weighted by Gasteiger charge is -2.17. The predicted molar refractivity (Wildman–Crippen MR) is 122 cm³/mol. The number of aromatic nitrogens is 3. The number of rotatable bonds is 9. The van der Waals surface area contributed by atoms with Crippen LogP contribution in [0.4, 0.5) is 5.69 Å². The molecule has 1 aromatic heterocycles. The van der Waals surface area contributed by atoms with E-state index < -0.39 is 0 Å². The van der Waals surface area contributed by atoms with Gasteiger partial charge in [-0.25, -0.2) is 9.67 Å². The van der Waals surface area contributed by atoms with E-state index in [0.29, 0.717) is 24.6 Å². The lowest BCUT2D eigenvalue weighted by molar-refractivity contribution is -0.115. The molecule has 1 unspecified atom stereocenters. The van der Waals surface area contributed by atoms with E-state index in [1.807, 2.05) is 84.9 Å². The zero-order valence-corrected chi connectivity index (χ0v) is 17.6. The quantitative estimate of drug-likeness (QED) is 0.385. The second-order valence-electron chi connectivity index (χ2n) is 6.75. The van der Waals surface area contributed by atoms with Gasteiger partial charge in [0.15, 0.2) is 0 Å². The third-order valence-electron chi connectivity index (χ3n) is 4.49. The van der Waals surface area contributed by atoms with Gasteiger partial charge < -0.3 is 10.1 Å². The molecular formula is C24H22N4O2S. The lowest BCUT2D eigenvalue weighted by Crippen LogP contribution is -2.19. The zero-order chi connectivity index (χ0) is 21.3. The minimum absolute atomic E-state index is 0.0835. The Balaban J connectivity index is 1.44. The van der Waals surface area contributed by atoms with Gasteiger partial charge in [-0.05, 0) is 29.8 Å². The maximum Gasteiger partial charge on any atom is 0.242 e. The first-order valence-corrected chi connectivity index (χ1v) is 10.8.